The van der Waals surface area contributed by atoms with Gasteiger partial charge in [0.1, 0.15) is 12.3 Å². The van der Waals surface area contributed by atoms with E-state index in [1.807, 2.05) is 0 Å². The van der Waals surface area contributed by atoms with Crippen LogP contribution in [0.2, 0.25) is 0 Å². The molecule has 10 heteroatoms. The fourth-order valence-electron chi connectivity index (χ4n) is 1.49. The lowest BCUT2D eigenvalue weighted by atomic mass is 10.1. The third-order valence-electron chi connectivity index (χ3n) is 2.29. The van der Waals surface area contributed by atoms with Gasteiger partial charge in [0.05, 0.1) is 13.2 Å². The zero-order valence-corrected chi connectivity index (χ0v) is 12.4. The summed E-state index contributed by atoms with van der Waals surface area (Å²) in [4.78, 5) is 21.7. The molecule has 0 aromatic carbocycles. The van der Waals surface area contributed by atoms with Crippen LogP contribution in [0.5, 0.6) is 0 Å². The van der Waals surface area contributed by atoms with Gasteiger partial charge >= 0.3 is 13.6 Å². The highest BCUT2D eigenvalue weighted by Crippen LogP contribution is 2.48. The van der Waals surface area contributed by atoms with Crippen LogP contribution >= 0.6 is 7.60 Å². The van der Waals surface area contributed by atoms with Crippen molar-refractivity contribution in [2.75, 3.05) is 19.5 Å². The Bertz CT molecular complexity index is 367. The topological polar surface area (TPSA) is 139 Å². The summed E-state index contributed by atoms with van der Waals surface area (Å²) in [7, 11) is -3.60. The van der Waals surface area contributed by atoms with Crippen LogP contribution in [0.3, 0.4) is 0 Å². The second-order valence-electron chi connectivity index (χ2n) is 3.88. The van der Waals surface area contributed by atoms with Crippen molar-refractivity contribution in [3.63, 3.8) is 0 Å². The van der Waals surface area contributed by atoms with Gasteiger partial charge in [-0.3, -0.25) is 14.2 Å². The van der Waals surface area contributed by atoms with Gasteiger partial charge < -0.3 is 25.1 Å². The van der Waals surface area contributed by atoms with Crippen LogP contribution in [-0.4, -0.2) is 52.8 Å². The number of amides is 1. The molecule has 0 aliphatic rings. The van der Waals surface area contributed by atoms with Crippen molar-refractivity contribution in [1.82, 2.24) is 5.06 Å². The molecule has 0 unspecified atom stereocenters. The van der Waals surface area contributed by atoms with E-state index in [-0.39, 0.29) is 26.1 Å². The normalized spacial score (nSPS) is 13.4. The van der Waals surface area contributed by atoms with Crippen molar-refractivity contribution in [2.24, 2.45) is 5.73 Å². The summed E-state index contributed by atoms with van der Waals surface area (Å²) in [6.45, 7) is 3.40. The standard InChI is InChI=1S/C10H21N2O7P/c1-3-18-20(17,19-4-2)7-12(16)8(10(11)15)5-6-9(13)14/h8,16H,3-7H2,1-2H3,(H2,11,15)(H,13,14)/t8-/m0/s1. The molecule has 0 radical (unpaired) electrons. The van der Waals surface area contributed by atoms with Gasteiger partial charge in [-0.05, 0) is 20.3 Å². The van der Waals surface area contributed by atoms with Crippen LogP contribution in [0.15, 0.2) is 0 Å². The molecule has 20 heavy (non-hydrogen) atoms. The Morgan fingerprint density at radius 3 is 2.15 bits per heavy atom. The minimum absolute atomic E-state index is 0.0987. The number of nitrogens with zero attached hydrogens (tertiary/aromatic N) is 1. The number of carboxylic acid groups (broad SMARTS) is 1. The lowest BCUT2D eigenvalue weighted by Gasteiger charge is -2.26. The first kappa shape index (κ1) is 19.0. The van der Waals surface area contributed by atoms with E-state index in [4.69, 9.17) is 19.9 Å². The third-order valence-corrected chi connectivity index (χ3v) is 4.23. The van der Waals surface area contributed by atoms with E-state index in [1.54, 1.807) is 13.8 Å². The van der Waals surface area contributed by atoms with E-state index in [2.05, 4.69) is 0 Å². The number of aliphatic carboxylic acids is 1. The predicted octanol–water partition coefficient (Wildman–Crippen LogP) is 0.620. The minimum atomic E-state index is -3.60. The summed E-state index contributed by atoms with van der Waals surface area (Å²) in [6.07, 6.45) is -1.14. The predicted molar refractivity (Wildman–Crippen MR) is 69.2 cm³/mol. The third kappa shape index (κ3) is 6.97. The Morgan fingerprint density at radius 1 is 1.30 bits per heavy atom. The summed E-state index contributed by atoms with van der Waals surface area (Å²) in [5.74, 6) is -2.06. The maximum absolute atomic E-state index is 12.2. The van der Waals surface area contributed by atoms with Gasteiger partial charge in [-0.15, -0.1) is 0 Å². The molecule has 4 N–H and O–H groups in total. The maximum atomic E-state index is 12.2. The first-order valence-electron chi connectivity index (χ1n) is 6.10. The van der Waals surface area contributed by atoms with Gasteiger partial charge in [0.25, 0.3) is 0 Å². The fraction of sp³-hybridized carbons (Fsp3) is 0.800. The highest BCUT2D eigenvalue weighted by Gasteiger charge is 2.32. The van der Waals surface area contributed by atoms with Crippen LogP contribution in [-0.2, 0) is 23.2 Å². The van der Waals surface area contributed by atoms with Crippen molar-refractivity contribution >= 4 is 19.5 Å². The van der Waals surface area contributed by atoms with Gasteiger partial charge in [-0.1, -0.05) is 0 Å². The average Bonchev–Trinajstić information content (AvgIpc) is 2.28. The molecule has 0 spiro atoms. The van der Waals surface area contributed by atoms with Gasteiger partial charge in [0.2, 0.25) is 5.91 Å². The van der Waals surface area contributed by atoms with E-state index in [0.29, 0.717) is 5.06 Å². The lowest BCUT2D eigenvalue weighted by Crippen LogP contribution is -2.43. The quantitative estimate of drug-likeness (QED) is 0.372. The molecule has 9 nitrogen and oxygen atoms in total. The maximum Gasteiger partial charge on any atom is 0.346 e. The van der Waals surface area contributed by atoms with E-state index in [9.17, 15) is 19.4 Å². The number of primary amides is 1. The Morgan fingerprint density at radius 2 is 1.80 bits per heavy atom. The molecule has 0 saturated heterocycles. The Labute approximate surface area is 117 Å². The number of nitrogens with two attached hydrogens (primary N) is 1. The summed E-state index contributed by atoms with van der Waals surface area (Å²) in [5.41, 5.74) is 5.09. The monoisotopic (exact) mass is 312 g/mol. The second-order valence-corrected chi connectivity index (χ2v) is 5.90. The zero-order valence-electron chi connectivity index (χ0n) is 11.5. The SMILES string of the molecule is CCOP(=O)(CN(O)[C@@H](CCC(=O)O)C(N)=O)OCC. The summed E-state index contributed by atoms with van der Waals surface area (Å²) in [6, 6.07) is -1.28. The number of hydroxylamine groups is 2. The Hall–Kier alpha value is -0.990. The molecular formula is C10H21N2O7P. The fourth-order valence-corrected chi connectivity index (χ4v) is 3.06. The molecule has 0 aromatic heterocycles. The van der Waals surface area contributed by atoms with E-state index in [1.165, 1.54) is 0 Å². The van der Waals surface area contributed by atoms with Crippen LogP contribution in [0, 0.1) is 0 Å². The van der Waals surface area contributed by atoms with Crippen molar-refractivity contribution in [1.29, 1.82) is 0 Å². The van der Waals surface area contributed by atoms with Crippen LogP contribution < -0.4 is 5.73 Å². The van der Waals surface area contributed by atoms with Gasteiger partial charge in [0.15, 0.2) is 0 Å². The van der Waals surface area contributed by atoms with Crippen molar-refractivity contribution in [3.05, 3.63) is 0 Å². The molecule has 0 fully saturated rings. The molecule has 1 amide bonds. The number of hydrogen-bond acceptors (Lipinski definition) is 7. The van der Waals surface area contributed by atoms with Crippen LogP contribution in [0.4, 0.5) is 0 Å². The van der Waals surface area contributed by atoms with Gasteiger partial charge in [-0.2, -0.15) is 5.06 Å². The van der Waals surface area contributed by atoms with Crippen molar-refractivity contribution in [3.8, 4) is 0 Å². The first-order chi connectivity index (χ1) is 9.25. The molecular weight excluding hydrogens is 291 g/mol. The number of rotatable bonds is 11. The lowest BCUT2D eigenvalue weighted by molar-refractivity contribution is -0.150. The highest BCUT2D eigenvalue weighted by atomic mass is 31.2. The second kappa shape index (κ2) is 9.04. The first-order valence-corrected chi connectivity index (χ1v) is 7.83. The smallest absolute Gasteiger partial charge is 0.346 e. The molecule has 0 saturated carbocycles. The molecule has 1 atom stereocenters. The average molecular weight is 312 g/mol. The van der Waals surface area contributed by atoms with Crippen LogP contribution in [0.25, 0.3) is 0 Å². The Balaban J connectivity index is 4.79. The molecule has 118 valence electrons. The number of carbonyl (C=O) groups excluding carboxylic acids is 1. The highest BCUT2D eigenvalue weighted by molar-refractivity contribution is 7.53. The van der Waals surface area contributed by atoms with Crippen molar-refractivity contribution in [2.45, 2.75) is 32.7 Å². The minimum Gasteiger partial charge on any atom is -0.481 e. The van der Waals surface area contributed by atoms with E-state index < -0.39 is 31.8 Å². The number of carbonyl (C=O) groups is 2. The van der Waals surface area contributed by atoms with E-state index in [0.717, 1.165) is 0 Å². The van der Waals surface area contributed by atoms with E-state index >= 15 is 0 Å². The number of carboxylic acids is 1. The number of hydrogen-bond donors (Lipinski definition) is 3. The van der Waals surface area contributed by atoms with Crippen molar-refractivity contribution < 1.29 is 33.5 Å². The summed E-state index contributed by atoms with van der Waals surface area (Å²) < 4.78 is 22.1. The summed E-state index contributed by atoms with van der Waals surface area (Å²) >= 11 is 0. The molecule has 0 aromatic rings. The zero-order chi connectivity index (χ0) is 15.8. The van der Waals surface area contributed by atoms with Gasteiger partial charge in [0, 0.05) is 6.42 Å². The Kier molecular flexibility index (Phi) is 8.59. The van der Waals surface area contributed by atoms with Gasteiger partial charge in [-0.25, -0.2) is 0 Å². The molecule has 0 aliphatic carbocycles. The molecule has 0 aliphatic heterocycles. The summed E-state index contributed by atoms with van der Waals surface area (Å²) in [5, 5.41) is 18.8. The molecule has 0 bridgehead atoms. The van der Waals surface area contributed by atoms with Crippen LogP contribution in [0.1, 0.15) is 26.7 Å². The largest absolute Gasteiger partial charge is 0.481 e. The molecule has 0 heterocycles. The molecule has 0 rings (SSSR count).